The molecule has 1 N–H and O–H groups in total. The summed E-state index contributed by atoms with van der Waals surface area (Å²) in [4.78, 5) is 13.7. The van der Waals surface area contributed by atoms with Gasteiger partial charge in [-0.2, -0.15) is 15.0 Å². The highest BCUT2D eigenvalue weighted by Crippen LogP contribution is 2.18. The molecule has 1 amide bonds. The van der Waals surface area contributed by atoms with Crippen LogP contribution in [0.5, 0.6) is 0 Å². The molecule has 0 saturated carbocycles. The van der Waals surface area contributed by atoms with Crippen LogP contribution in [-0.4, -0.2) is 20.9 Å². The first kappa shape index (κ1) is 13.5. The predicted molar refractivity (Wildman–Crippen MR) is 83.5 cm³/mol. The van der Waals surface area contributed by atoms with Crippen molar-refractivity contribution in [3.8, 4) is 5.69 Å². The minimum absolute atomic E-state index is 0.160. The van der Waals surface area contributed by atoms with Crippen molar-refractivity contribution >= 4 is 27.5 Å². The zero-order valence-electron chi connectivity index (χ0n) is 10.9. The second-order valence-electron chi connectivity index (χ2n) is 4.30. The Balaban J connectivity index is 1.77. The molecule has 0 atom stereocenters. The number of amides is 1. The molecule has 0 radical (unpaired) electrons. The number of carbonyl (C=O) groups is 1. The van der Waals surface area contributed by atoms with Crippen molar-refractivity contribution in [3.63, 3.8) is 0 Å². The molecule has 0 aliphatic carbocycles. The van der Waals surface area contributed by atoms with Gasteiger partial charge in [0.1, 0.15) is 0 Å². The van der Waals surface area contributed by atoms with E-state index in [-0.39, 0.29) is 5.91 Å². The van der Waals surface area contributed by atoms with Gasteiger partial charge in [-0.15, -0.1) is 0 Å². The van der Waals surface area contributed by atoms with Gasteiger partial charge >= 0.3 is 0 Å². The lowest BCUT2D eigenvalue weighted by Crippen LogP contribution is -2.12. The Hall–Kier alpha value is -2.47. The summed E-state index contributed by atoms with van der Waals surface area (Å²) >= 11 is 3.37. The number of rotatable bonds is 3. The molecule has 0 aliphatic heterocycles. The van der Waals surface area contributed by atoms with Gasteiger partial charge in [-0.05, 0) is 52.3 Å². The van der Waals surface area contributed by atoms with Gasteiger partial charge in [-0.3, -0.25) is 4.79 Å². The third-order valence-electron chi connectivity index (χ3n) is 2.89. The zero-order chi connectivity index (χ0) is 14.7. The van der Waals surface area contributed by atoms with Crippen LogP contribution in [0.1, 0.15) is 10.4 Å². The summed E-state index contributed by atoms with van der Waals surface area (Å²) in [6, 6.07) is 14.6. The lowest BCUT2D eigenvalue weighted by molar-refractivity contribution is 0.102. The minimum atomic E-state index is -0.160. The highest BCUT2D eigenvalue weighted by molar-refractivity contribution is 9.10. The van der Waals surface area contributed by atoms with Crippen LogP contribution in [0, 0.1) is 0 Å². The quantitative estimate of drug-likeness (QED) is 0.794. The van der Waals surface area contributed by atoms with Crippen molar-refractivity contribution in [2.45, 2.75) is 0 Å². The SMILES string of the molecule is O=C(Nc1ccc(-n2nccn2)cc1)c1ccccc1Br. The number of halogens is 1. The van der Waals surface area contributed by atoms with Crippen LogP contribution in [0.2, 0.25) is 0 Å². The van der Waals surface area contributed by atoms with Crippen molar-refractivity contribution in [2.75, 3.05) is 5.32 Å². The van der Waals surface area contributed by atoms with E-state index in [0.29, 0.717) is 11.3 Å². The fourth-order valence-electron chi connectivity index (χ4n) is 1.87. The van der Waals surface area contributed by atoms with E-state index < -0.39 is 0 Å². The third kappa shape index (κ3) is 3.00. The molecule has 1 aromatic heterocycles. The normalized spacial score (nSPS) is 10.3. The van der Waals surface area contributed by atoms with Gasteiger partial charge in [-0.1, -0.05) is 12.1 Å². The molecule has 3 rings (SSSR count). The van der Waals surface area contributed by atoms with E-state index in [2.05, 4.69) is 31.4 Å². The second kappa shape index (κ2) is 5.88. The number of hydrogen-bond donors (Lipinski definition) is 1. The number of nitrogens with one attached hydrogen (secondary N) is 1. The van der Waals surface area contributed by atoms with E-state index >= 15 is 0 Å². The van der Waals surface area contributed by atoms with Gasteiger partial charge in [0, 0.05) is 10.2 Å². The first-order valence-corrected chi connectivity index (χ1v) is 7.06. The predicted octanol–water partition coefficient (Wildman–Crippen LogP) is 3.28. The number of nitrogens with zero attached hydrogens (tertiary/aromatic N) is 3. The van der Waals surface area contributed by atoms with Crippen molar-refractivity contribution in [3.05, 3.63) is 71.0 Å². The van der Waals surface area contributed by atoms with Gasteiger partial charge in [0.15, 0.2) is 0 Å². The highest BCUT2D eigenvalue weighted by atomic mass is 79.9. The Morgan fingerprint density at radius 3 is 2.33 bits per heavy atom. The Kier molecular flexibility index (Phi) is 3.79. The lowest BCUT2D eigenvalue weighted by Gasteiger charge is -2.07. The molecule has 3 aromatic rings. The highest BCUT2D eigenvalue weighted by Gasteiger charge is 2.09. The van der Waals surface area contributed by atoms with Crippen LogP contribution in [0.4, 0.5) is 5.69 Å². The molecule has 2 aromatic carbocycles. The van der Waals surface area contributed by atoms with E-state index in [0.717, 1.165) is 10.2 Å². The van der Waals surface area contributed by atoms with E-state index in [9.17, 15) is 4.79 Å². The van der Waals surface area contributed by atoms with Gasteiger partial charge in [-0.25, -0.2) is 0 Å². The Morgan fingerprint density at radius 2 is 1.67 bits per heavy atom. The number of anilines is 1. The monoisotopic (exact) mass is 342 g/mol. The molecule has 0 bridgehead atoms. The van der Waals surface area contributed by atoms with Crippen LogP contribution >= 0.6 is 15.9 Å². The minimum Gasteiger partial charge on any atom is -0.322 e. The average Bonchev–Trinajstić information content (AvgIpc) is 3.02. The second-order valence-corrected chi connectivity index (χ2v) is 5.15. The molecule has 6 heteroatoms. The summed E-state index contributed by atoms with van der Waals surface area (Å²) < 4.78 is 0.764. The van der Waals surface area contributed by atoms with Crippen LogP contribution < -0.4 is 5.32 Å². The van der Waals surface area contributed by atoms with Crippen molar-refractivity contribution < 1.29 is 4.79 Å². The lowest BCUT2D eigenvalue weighted by atomic mass is 10.2. The maximum absolute atomic E-state index is 12.2. The van der Waals surface area contributed by atoms with E-state index in [1.54, 1.807) is 18.5 Å². The molecule has 0 unspecified atom stereocenters. The van der Waals surface area contributed by atoms with Gasteiger partial charge in [0.2, 0.25) is 0 Å². The molecule has 21 heavy (non-hydrogen) atoms. The molecular weight excluding hydrogens is 332 g/mol. The summed E-state index contributed by atoms with van der Waals surface area (Å²) in [6.45, 7) is 0. The van der Waals surface area contributed by atoms with E-state index in [4.69, 9.17) is 0 Å². The van der Waals surface area contributed by atoms with Crippen LogP contribution in [-0.2, 0) is 0 Å². The molecule has 1 heterocycles. The van der Waals surface area contributed by atoms with Crippen LogP contribution in [0.15, 0.2) is 65.4 Å². The van der Waals surface area contributed by atoms with Crippen LogP contribution in [0.3, 0.4) is 0 Å². The molecule has 104 valence electrons. The Morgan fingerprint density at radius 1 is 1.00 bits per heavy atom. The average molecular weight is 343 g/mol. The summed E-state index contributed by atoms with van der Waals surface area (Å²) in [6.07, 6.45) is 3.23. The van der Waals surface area contributed by atoms with Crippen molar-refractivity contribution in [2.24, 2.45) is 0 Å². The summed E-state index contributed by atoms with van der Waals surface area (Å²) in [5, 5.41) is 10.9. The van der Waals surface area contributed by atoms with Crippen molar-refractivity contribution in [1.29, 1.82) is 0 Å². The molecule has 0 fully saturated rings. The number of benzene rings is 2. The first-order valence-electron chi connectivity index (χ1n) is 6.27. The maximum atomic E-state index is 12.2. The third-order valence-corrected chi connectivity index (χ3v) is 3.58. The number of carbonyl (C=O) groups excluding carboxylic acids is 1. The van der Waals surface area contributed by atoms with E-state index in [1.165, 1.54) is 4.80 Å². The summed E-state index contributed by atoms with van der Waals surface area (Å²) in [5.74, 6) is -0.160. The first-order chi connectivity index (χ1) is 10.2. The largest absolute Gasteiger partial charge is 0.322 e. The van der Waals surface area contributed by atoms with E-state index in [1.807, 2.05) is 42.5 Å². The van der Waals surface area contributed by atoms with Gasteiger partial charge in [0.05, 0.1) is 23.6 Å². The summed E-state index contributed by atoms with van der Waals surface area (Å²) in [7, 11) is 0. The number of aromatic nitrogens is 3. The van der Waals surface area contributed by atoms with Gasteiger partial charge < -0.3 is 5.32 Å². The van der Waals surface area contributed by atoms with Crippen molar-refractivity contribution in [1.82, 2.24) is 15.0 Å². The fraction of sp³-hybridized carbons (Fsp3) is 0. The number of hydrogen-bond acceptors (Lipinski definition) is 3. The molecular formula is C15H11BrN4O. The molecule has 0 saturated heterocycles. The zero-order valence-corrected chi connectivity index (χ0v) is 12.5. The van der Waals surface area contributed by atoms with Gasteiger partial charge in [0.25, 0.3) is 5.91 Å². The standard InChI is InChI=1S/C15H11BrN4O/c16-14-4-2-1-3-13(14)15(21)19-11-5-7-12(8-6-11)20-17-9-10-18-20/h1-10H,(H,19,21). The molecule has 0 aliphatic rings. The topological polar surface area (TPSA) is 59.8 Å². The summed E-state index contributed by atoms with van der Waals surface area (Å²) in [5.41, 5.74) is 2.14. The maximum Gasteiger partial charge on any atom is 0.256 e. The Labute approximate surface area is 129 Å². The van der Waals surface area contributed by atoms with Crippen LogP contribution in [0.25, 0.3) is 5.69 Å². The smallest absolute Gasteiger partial charge is 0.256 e. The Bertz CT molecular complexity index is 754. The fourth-order valence-corrected chi connectivity index (χ4v) is 2.34. The molecule has 0 spiro atoms. The molecule has 5 nitrogen and oxygen atoms in total.